The van der Waals surface area contributed by atoms with E-state index in [0.717, 1.165) is 0 Å². The smallest absolute Gasteiger partial charge is 0.224 e. The van der Waals surface area contributed by atoms with Crippen LogP contribution in [0.4, 0.5) is 5.69 Å². The number of amides is 1. The number of nitrogens with zero attached hydrogens (tertiary/aromatic N) is 1. The van der Waals surface area contributed by atoms with Crippen LogP contribution in [0.25, 0.3) is 0 Å². The van der Waals surface area contributed by atoms with Crippen LogP contribution < -0.4 is 11.1 Å². The van der Waals surface area contributed by atoms with Crippen molar-refractivity contribution in [2.45, 2.75) is 12.8 Å². The van der Waals surface area contributed by atoms with E-state index in [1.54, 1.807) is 12.4 Å². The third-order valence-corrected chi connectivity index (χ3v) is 1.39. The zero-order valence-corrected chi connectivity index (χ0v) is 7.93. The van der Waals surface area contributed by atoms with Crippen molar-refractivity contribution >= 4 is 24.0 Å². The summed E-state index contributed by atoms with van der Waals surface area (Å²) in [7, 11) is 0. The van der Waals surface area contributed by atoms with Crippen molar-refractivity contribution in [1.82, 2.24) is 10.2 Å². The molecule has 1 amide bonds. The highest BCUT2D eigenvalue weighted by molar-refractivity contribution is 5.90. The molecule has 1 aromatic rings. The number of H-pyrrole nitrogens is 1. The summed E-state index contributed by atoms with van der Waals surface area (Å²) in [6.07, 6.45) is 4.35. The van der Waals surface area contributed by atoms with Crippen molar-refractivity contribution in [2.24, 2.45) is 5.73 Å². The maximum Gasteiger partial charge on any atom is 0.224 e. The minimum absolute atomic E-state index is 0. The fourth-order valence-electron chi connectivity index (χ4n) is 0.805. The fraction of sp³-hybridized carbons (Fsp3) is 0.429. The summed E-state index contributed by atoms with van der Waals surface area (Å²) in [4.78, 5) is 11.1. The van der Waals surface area contributed by atoms with Crippen molar-refractivity contribution in [2.75, 3.05) is 11.9 Å². The number of aromatic amines is 1. The minimum Gasteiger partial charge on any atom is -0.330 e. The lowest BCUT2D eigenvalue weighted by Gasteiger charge is -1.99. The van der Waals surface area contributed by atoms with Gasteiger partial charge in [-0.3, -0.25) is 9.89 Å². The standard InChI is InChI=1S/C7H12N4O.ClH/c8-3-1-2-7(12)11-6-4-9-10-5-6;/h4-5H,1-3,8H2,(H,9,10)(H,11,12);1H. The predicted octanol–water partition coefficient (Wildman–Crippen LogP) is 0.509. The van der Waals surface area contributed by atoms with Gasteiger partial charge in [-0.15, -0.1) is 12.4 Å². The molecule has 0 radical (unpaired) electrons. The molecule has 0 unspecified atom stereocenters. The van der Waals surface area contributed by atoms with Gasteiger partial charge in [0.25, 0.3) is 0 Å². The molecule has 74 valence electrons. The highest BCUT2D eigenvalue weighted by Crippen LogP contribution is 2.01. The lowest BCUT2D eigenvalue weighted by atomic mass is 10.3. The Morgan fingerprint density at radius 3 is 3.00 bits per heavy atom. The molecule has 13 heavy (non-hydrogen) atoms. The molecule has 0 fully saturated rings. The summed E-state index contributed by atoms with van der Waals surface area (Å²) < 4.78 is 0. The number of aromatic nitrogens is 2. The number of rotatable bonds is 4. The van der Waals surface area contributed by atoms with Crippen molar-refractivity contribution in [3.63, 3.8) is 0 Å². The van der Waals surface area contributed by atoms with E-state index in [-0.39, 0.29) is 18.3 Å². The number of anilines is 1. The summed E-state index contributed by atoms with van der Waals surface area (Å²) in [5, 5.41) is 8.96. The summed E-state index contributed by atoms with van der Waals surface area (Å²) in [6, 6.07) is 0. The number of nitrogens with two attached hydrogens (primary N) is 1. The average Bonchev–Trinajstić information content (AvgIpc) is 2.53. The molecule has 0 aliphatic carbocycles. The number of nitrogens with one attached hydrogen (secondary N) is 2. The SMILES string of the molecule is Cl.NCCCC(=O)Nc1cn[nH]c1. The quantitative estimate of drug-likeness (QED) is 0.668. The molecular formula is C7H13ClN4O. The molecule has 1 rings (SSSR count). The van der Waals surface area contributed by atoms with E-state index in [0.29, 0.717) is 25.1 Å². The van der Waals surface area contributed by atoms with Crippen LogP contribution in [-0.4, -0.2) is 22.6 Å². The Labute approximate surface area is 82.5 Å². The summed E-state index contributed by atoms with van der Waals surface area (Å²) >= 11 is 0. The van der Waals surface area contributed by atoms with Gasteiger partial charge >= 0.3 is 0 Å². The van der Waals surface area contributed by atoms with E-state index in [4.69, 9.17) is 5.73 Å². The summed E-state index contributed by atoms with van der Waals surface area (Å²) in [6.45, 7) is 0.540. The third kappa shape index (κ3) is 4.49. The van der Waals surface area contributed by atoms with E-state index in [9.17, 15) is 4.79 Å². The topological polar surface area (TPSA) is 83.8 Å². The van der Waals surface area contributed by atoms with Gasteiger partial charge in [-0.25, -0.2) is 0 Å². The first-order valence-electron chi connectivity index (χ1n) is 3.81. The van der Waals surface area contributed by atoms with Gasteiger partial charge in [0, 0.05) is 12.6 Å². The molecule has 0 aliphatic rings. The highest BCUT2D eigenvalue weighted by atomic mass is 35.5. The summed E-state index contributed by atoms with van der Waals surface area (Å²) in [5.41, 5.74) is 5.94. The Bertz CT molecular complexity index is 237. The van der Waals surface area contributed by atoms with Gasteiger partial charge in [0.05, 0.1) is 11.9 Å². The Hall–Kier alpha value is -1.07. The van der Waals surface area contributed by atoms with E-state index >= 15 is 0 Å². The zero-order valence-electron chi connectivity index (χ0n) is 7.12. The van der Waals surface area contributed by atoms with E-state index < -0.39 is 0 Å². The van der Waals surface area contributed by atoms with Gasteiger partial charge in [-0.1, -0.05) is 0 Å². The normalized spacial score (nSPS) is 9.00. The molecule has 0 saturated heterocycles. The Balaban J connectivity index is 0.00000144. The molecule has 6 heteroatoms. The lowest BCUT2D eigenvalue weighted by Crippen LogP contribution is -2.12. The second kappa shape index (κ2) is 6.45. The number of carbonyl (C=O) groups is 1. The Kier molecular flexibility index (Phi) is 5.92. The van der Waals surface area contributed by atoms with Gasteiger partial charge in [-0.05, 0) is 13.0 Å². The molecule has 0 saturated carbocycles. The number of carbonyl (C=O) groups excluding carboxylic acids is 1. The van der Waals surface area contributed by atoms with Crippen LogP contribution in [0.15, 0.2) is 12.4 Å². The monoisotopic (exact) mass is 204 g/mol. The second-order valence-electron chi connectivity index (χ2n) is 2.43. The van der Waals surface area contributed by atoms with Crippen LogP contribution in [0.2, 0.25) is 0 Å². The van der Waals surface area contributed by atoms with E-state index in [1.165, 1.54) is 0 Å². The van der Waals surface area contributed by atoms with Crippen molar-refractivity contribution in [3.8, 4) is 0 Å². The van der Waals surface area contributed by atoms with Gasteiger partial charge in [-0.2, -0.15) is 5.10 Å². The molecule has 1 heterocycles. The molecule has 4 N–H and O–H groups in total. The van der Waals surface area contributed by atoms with Gasteiger partial charge < -0.3 is 11.1 Å². The van der Waals surface area contributed by atoms with E-state index in [1.807, 2.05) is 0 Å². The maximum atomic E-state index is 11.1. The van der Waals surface area contributed by atoms with Crippen LogP contribution >= 0.6 is 12.4 Å². The van der Waals surface area contributed by atoms with Crippen molar-refractivity contribution in [3.05, 3.63) is 12.4 Å². The largest absolute Gasteiger partial charge is 0.330 e. The Morgan fingerprint density at radius 1 is 1.69 bits per heavy atom. The first-order valence-corrected chi connectivity index (χ1v) is 3.81. The van der Waals surface area contributed by atoms with Gasteiger partial charge in [0.2, 0.25) is 5.91 Å². The predicted molar refractivity (Wildman–Crippen MR) is 52.8 cm³/mol. The van der Waals surface area contributed by atoms with E-state index in [2.05, 4.69) is 15.5 Å². The lowest BCUT2D eigenvalue weighted by molar-refractivity contribution is -0.116. The van der Waals surface area contributed by atoms with Crippen LogP contribution in [0.5, 0.6) is 0 Å². The molecule has 0 spiro atoms. The molecule has 0 bridgehead atoms. The summed E-state index contributed by atoms with van der Waals surface area (Å²) in [5.74, 6) is -0.0261. The molecular weight excluding hydrogens is 192 g/mol. The van der Waals surface area contributed by atoms with Crippen LogP contribution in [0.3, 0.4) is 0 Å². The van der Waals surface area contributed by atoms with Gasteiger partial charge in [0.1, 0.15) is 0 Å². The molecule has 0 aromatic carbocycles. The molecule has 0 aliphatic heterocycles. The Morgan fingerprint density at radius 2 is 2.46 bits per heavy atom. The van der Waals surface area contributed by atoms with Crippen LogP contribution in [0, 0.1) is 0 Å². The van der Waals surface area contributed by atoms with Crippen LogP contribution in [-0.2, 0) is 4.79 Å². The highest BCUT2D eigenvalue weighted by Gasteiger charge is 2.00. The number of halogens is 1. The maximum absolute atomic E-state index is 11.1. The van der Waals surface area contributed by atoms with Crippen LogP contribution in [0.1, 0.15) is 12.8 Å². The second-order valence-corrected chi connectivity index (χ2v) is 2.43. The number of hydrogen-bond acceptors (Lipinski definition) is 3. The fourth-order valence-corrected chi connectivity index (χ4v) is 0.805. The minimum atomic E-state index is -0.0261. The zero-order chi connectivity index (χ0) is 8.81. The molecule has 5 nitrogen and oxygen atoms in total. The molecule has 0 atom stereocenters. The third-order valence-electron chi connectivity index (χ3n) is 1.39. The first-order chi connectivity index (χ1) is 5.83. The molecule has 1 aromatic heterocycles. The van der Waals surface area contributed by atoms with Crippen molar-refractivity contribution < 1.29 is 4.79 Å². The van der Waals surface area contributed by atoms with Crippen molar-refractivity contribution in [1.29, 1.82) is 0 Å². The van der Waals surface area contributed by atoms with Gasteiger partial charge in [0.15, 0.2) is 0 Å². The first kappa shape index (κ1) is 11.9. The average molecular weight is 205 g/mol. The number of hydrogen-bond donors (Lipinski definition) is 3.